The lowest BCUT2D eigenvalue weighted by Crippen LogP contribution is -2.41. The Balaban J connectivity index is 2.74. The molecular formula is C10H16N2O2S3. The summed E-state index contributed by atoms with van der Waals surface area (Å²) in [5.74, 6) is 0. The number of nitrogens with one attached hydrogen (secondary N) is 1. The van der Waals surface area contributed by atoms with E-state index in [9.17, 15) is 8.42 Å². The SMILES string of the molecule is CCC(C(N)=S)S(=O)(=O)NCc1sccc1C. The molecule has 0 bridgehead atoms. The van der Waals surface area contributed by atoms with Crippen LogP contribution in [0.1, 0.15) is 23.8 Å². The number of hydrogen-bond acceptors (Lipinski definition) is 4. The van der Waals surface area contributed by atoms with Crippen LogP contribution in [0.4, 0.5) is 0 Å². The highest BCUT2D eigenvalue weighted by molar-refractivity contribution is 7.93. The first-order valence-corrected chi connectivity index (χ1v) is 8.02. The molecule has 3 N–H and O–H groups in total. The van der Waals surface area contributed by atoms with Crippen LogP contribution in [-0.2, 0) is 16.6 Å². The summed E-state index contributed by atoms with van der Waals surface area (Å²) < 4.78 is 26.4. The van der Waals surface area contributed by atoms with Crippen LogP contribution in [0.15, 0.2) is 11.4 Å². The summed E-state index contributed by atoms with van der Waals surface area (Å²) in [6.07, 6.45) is 0.383. The largest absolute Gasteiger partial charge is 0.392 e. The highest BCUT2D eigenvalue weighted by atomic mass is 32.2. The van der Waals surface area contributed by atoms with E-state index in [1.807, 2.05) is 18.4 Å². The van der Waals surface area contributed by atoms with Crippen LogP contribution in [-0.4, -0.2) is 18.7 Å². The topological polar surface area (TPSA) is 72.2 Å². The highest BCUT2D eigenvalue weighted by Gasteiger charge is 2.26. The molecule has 7 heteroatoms. The van der Waals surface area contributed by atoms with Crippen LogP contribution in [0.25, 0.3) is 0 Å². The van der Waals surface area contributed by atoms with E-state index >= 15 is 0 Å². The molecule has 0 saturated heterocycles. The molecule has 4 nitrogen and oxygen atoms in total. The van der Waals surface area contributed by atoms with Gasteiger partial charge in [-0.1, -0.05) is 19.1 Å². The molecule has 17 heavy (non-hydrogen) atoms. The Bertz CT molecular complexity index is 493. The van der Waals surface area contributed by atoms with Gasteiger partial charge in [0.15, 0.2) is 0 Å². The molecule has 1 atom stereocenters. The van der Waals surface area contributed by atoms with E-state index in [4.69, 9.17) is 18.0 Å². The van der Waals surface area contributed by atoms with Crippen molar-refractivity contribution in [2.24, 2.45) is 5.73 Å². The Morgan fingerprint density at radius 2 is 2.29 bits per heavy atom. The van der Waals surface area contributed by atoms with Gasteiger partial charge in [-0.25, -0.2) is 13.1 Å². The molecule has 96 valence electrons. The zero-order valence-corrected chi connectivity index (χ0v) is 12.2. The third-order valence-corrected chi connectivity index (χ3v) is 5.80. The number of hydrogen-bond donors (Lipinski definition) is 2. The van der Waals surface area contributed by atoms with Crippen molar-refractivity contribution in [1.82, 2.24) is 4.72 Å². The summed E-state index contributed by atoms with van der Waals surface area (Å²) in [6.45, 7) is 4.00. The number of aryl methyl sites for hydroxylation is 1. The van der Waals surface area contributed by atoms with Crippen molar-refractivity contribution in [3.05, 3.63) is 21.9 Å². The van der Waals surface area contributed by atoms with Crippen molar-refractivity contribution in [3.8, 4) is 0 Å². The number of thiocarbonyl (C=S) groups is 1. The fourth-order valence-electron chi connectivity index (χ4n) is 1.43. The number of sulfonamides is 1. The van der Waals surface area contributed by atoms with Crippen molar-refractivity contribution >= 4 is 38.6 Å². The standard InChI is InChI=1S/C10H16N2O2S3/c1-3-9(10(11)15)17(13,14)12-6-8-7(2)4-5-16-8/h4-5,9,12H,3,6H2,1-2H3,(H2,11,15). The zero-order valence-electron chi connectivity index (χ0n) is 9.76. The maximum atomic E-state index is 11.9. The molecule has 0 fully saturated rings. The van der Waals surface area contributed by atoms with Crippen LogP contribution in [0.5, 0.6) is 0 Å². The lowest BCUT2D eigenvalue weighted by molar-refractivity contribution is 0.574. The normalized spacial score (nSPS) is 13.5. The van der Waals surface area contributed by atoms with Crippen molar-refractivity contribution in [2.45, 2.75) is 32.1 Å². The molecule has 0 aromatic carbocycles. The van der Waals surface area contributed by atoms with Gasteiger partial charge in [0.25, 0.3) is 0 Å². The monoisotopic (exact) mass is 292 g/mol. The van der Waals surface area contributed by atoms with Gasteiger partial charge < -0.3 is 5.73 Å². The lowest BCUT2D eigenvalue weighted by atomic mass is 10.3. The van der Waals surface area contributed by atoms with E-state index < -0.39 is 15.3 Å². The predicted molar refractivity (Wildman–Crippen MR) is 75.7 cm³/mol. The Hall–Kier alpha value is -0.500. The summed E-state index contributed by atoms with van der Waals surface area (Å²) in [6, 6.07) is 1.96. The summed E-state index contributed by atoms with van der Waals surface area (Å²) in [5.41, 5.74) is 6.51. The van der Waals surface area contributed by atoms with Gasteiger partial charge in [-0.3, -0.25) is 0 Å². The van der Waals surface area contributed by atoms with E-state index in [2.05, 4.69) is 4.72 Å². The molecule has 0 aliphatic rings. The van der Waals surface area contributed by atoms with Gasteiger partial charge in [-0.15, -0.1) is 11.3 Å². The van der Waals surface area contributed by atoms with Crippen molar-refractivity contribution in [2.75, 3.05) is 0 Å². The van der Waals surface area contributed by atoms with Crippen molar-refractivity contribution in [3.63, 3.8) is 0 Å². The molecule has 1 unspecified atom stereocenters. The van der Waals surface area contributed by atoms with Crippen LogP contribution in [0.2, 0.25) is 0 Å². The van der Waals surface area contributed by atoms with E-state index in [1.54, 1.807) is 6.92 Å². The molecule has 0 spiro atoms. The van der Waals surface area contributed by atoms with Gasteiger partial charge in [0.1, 0.15) is 5.25 Å². The van der Waals surface area contributed by atoms with Gasteiger partial charge >= 0.3 is 0 Å². The number of rotatable bonds is 6. The average molecular weight is 292 g/mol. The minimum atomic E-state index is -3.47. The third-order valence-electron chi connectivity index (χ3n) is 2.46. The van der Waals surface area contributed by atoms with Crippen molar-refractivity contribution in [1.29, 1.82) is 0 Å². The molecular weight excluding hydrogens is 276 g/mol. The fourth-order valence-corrected chi connectivity index (χ4v) is 4.20. The van der Waals surface area contributed by atoms with Crippen LogP contribution in [0.3, 0.4) is 0 Å². The van der Waals surface area contributed by atoms with E-state index in [0.717, 1.165) is 10.4 Å². The molecule has 0 aliphatic carbocycles. The fraction of sp³-hybridized carbons (Fsp3) is 0.500. The summed E-state index contributed by atoms with van der Waals surface area (Å²) in [5, 5.41) is 1.14. The Labute approximate surface area is 111 Å². The molecule has 1 aromatic rings. The van der Waals surface area contributed by atoms with E-state index in [0.29, 0.717) is 13.0 Å². The maximum absolute atomic E-state index is 11.9. The number of thiophene rings is 1. The molecule has 0 saturated carbocycles. The second kappa shape index (κ2) is 5.90. The van der Waals surface area contributed by atoms with Gasteiger partial charge in [0, 0.05) is 11.4 Å². The third kappa shape index (κ3) is 3.74. The predicted octanol–water partition coefficient (Wildman–Crippen LogP) is 1.54. The molecule has 0 radical (unpaired) electrons. The lowest BCUT2D eigenvalue weighted by Gasteiger charge is -2.14. The smallest absolute Gasteiger partial charge is 0.221 e. The molecule has 1 heterocycles. The zero-order chi connectivity index (χ0) is 13.1. The van der Waals surface area contributed by atoms with Gasteiger partial charge in [-0.2, -0.15) is 0 Å². The Morgan fingerprint density at radius 3 is 2.71 bits per heavy atom. The highest BCUT2D eigenvalue weighted by Crippen LogP contribution is 2.16. The minimum absolute atomic E-state index is 0.0166. The van der Waals surface area contributed by atoms with Gasteiger partial charge in [0.2, 0.25) is 10.0 Å². The minimum Gasteiger partial charge on any atom is -0.392 e. The van der Waals surface area contributed by atoms with Crippen LogP contribution in [0, 0.1) is 6.92 Å². The molecule has 1 aromatic heterocycles. The second-order valence-electron chi connectivity index (χ2n) is 3.69. The maximum Gasteiger partial charge on any atom is 0.221 e. The first-order chi connectivity index (χ1) is 7.88. The summed E-state index contributed by atoms with van der Waals surface area (Å²) in [4.78, 5) is 1.02. The second-order valence-corrected chi connectivity index (χ2v) is 7.11. The Kier molecular flexibility index (Phi) is 5.05. The molecule has 0 aliphatic heterocycles. The van der Waals surface area contributed by atoms with Crippen LogP contribution >= 0.6 is 23.6 Å². The van der Waals surface area contributed by atoms with Crippen molar-refractivity contribution < 1.29 is 8.42 Å². The summed E-state index contributed by atoms with van der Waals surface area (Å²) >= 11 is 6.29. The van der Waals surface area contributed by atoms with Crippen LogP contribution < -0.4 is 10.5 Å². The summed E-state index contributed by atoms with van der Waals surface area (Å²) in [7, 11) is -3.47. The average Bonchev–Trinajstić information content (AvgIpc) is 2.61. The molecule has 0 amide bonds. The van der Waals surface area contributed by atoms with Gasteiger partial charge in [0.05, 0.1) is 4.99 Å². The quantitative estimate of drug-likeness (QED) is 0.780. The number of nitrogens with two attached hydrogens (primary N) is 1. The molecule has 1 rings (SSSR count). The van der Waals surface area contributed by atoms with E-state index in [1.165, 1.54) is 11.3 Å². The first kappa shape index (κ1) is 14.6. The van der Waals surface area contributed by atoms with Gasteiger partial charge in [-0.05, 0) is 30.4 Å². The Morgan fingerprint density at radius 1 is 1.65 bits per heavy atom. The van der Waals surface area contributed by atoms with E-state index in [-0.39, 0.29) is 4.99 Å². The first-order valence-electron chi connectivity index (χ1n) is 5.19.